The molecular weight excluding hydrogens is 245 g/mol. The van der Waals surface area contributed by atoms with Crippen LogP contribution in [0.4, 0.5) is 4.39 Å². The highest BCUT2D eigenvalue weighted by atomic mass is 19.1. The molecule has 2 rings (SSSR count). The van der Waals surface area contributed by atoms with E-state index in [0.29, 0.717) is 11.1 Å². The van der Waals surface area contributed by atoms with Crippen molar-refractivity contribution in [2.75, 3.05) is 7.11 Å². The van der Waals surface area contributed by atoms with Crippen molar-refractivity contribution < 1.29 is 13.9 Å². The summed E-state index contributed by atoms with van der Waals surface area (Å²) in [7, 11) is 1.32. The first-order valence-corrected chi connectivity index (χ1v) is 5.67. The van der Waals surface area contributed by atoms with Gasteiger partial charge in [0.2, 0.25) is 0 Å². The lowest BCUT2D eigenvalue weighted by atomic mass is 10.1. The molecule has 0 aliphatic carbocycles. The molecule has 0 N–H and O–H groups in total. The van der Waals surface area contributed by atoms with Crippen LogP contribution in [0.15, 0.2) is 48.7 Å². The van der Waals surface area contributed by atoms with E-state index in [1.807, 2.05) is 0 Å². The van der Waals surface area contributed by atoms with E-state index in [4.69, 9.17) is 0 Å². The van der Waals surface area contributed by atoms with Gasteiger partial charge in [0.15, 0.2) is 0 Å². The quantitative estimate of drug-likeness (QED) is 0.792. The second kappa shape index (κ2) is 5.91. The van der Waals surface area contributed by atoms with E-state index in [2.05, 4.69) is 9.72 Å². The highest BCUT2D eigenvalue weighted by molar-refractivity contribution is 5.89. The molecule has 1 aromatic heterocycles. The first-order valence-electron chi connectivity index (χ1n) is 5.67. The van der Waals surface area contributed by atoms with Crippen molar-refractivity contribution in [2.45, 2.75) is 0 Å². The molecule has 0 bridgehead atoms. The van der Waals surface area contributed by atoms with Crippen molar-refractivity contribution in [2.24, 2.45) is 0 Å². The Morgan fingerprint density at radius 2 is 1.95 bits per heavy atom. The fraction of sp³-hybridized carbons (Fsp3) is 0.0667. The predicted octanol–water partition coefficient (Wildman–Crippen LogP) is 3.34. The summed E-state index contributed by atoms with van der Waals surface area (Å²) < 4.78 is 18.4. The Morgan fingerprint density at radius 3 is 2.53 bits per heavy atom. The van der Waals surface area contributed by atoms with E-state index in [1.165, 1.54) is 19.4 Å². The Hall–Kier alpha value is -2.49. The molecule has 0 atom stereocenters. The molecule has 19 heavy (non-hydrogen) atoms. The van der Waals surface area contributed by atoms with E-state index in [-0.39, 0.29) is 5.69 Å². The summed E-state index contributed by atoms with van der Waals surface area (Å²) >= 11 is 0. The molecule has 3 nitrogen and oxygen atoms in total. The molecule has 2 aromatic rings. The number of ether oxygens (including phenoxy) is 1. The summed E-state index contributed by atoms with van der Waals surface area (Å²) in [5, 5.41) is 0. The lowest BCUT2D eigenvalue weighted by Crippen LogP contribution is -2.00. The van der Waals surface area contributed by atoms with Crippen molar-refractivity contribution in [3.05, 3.63) is 65.5 Å². The largest absolute Gasteiger partial charge is 0.465 e. The molecule has 1 heterocycles. The van der Waals surface area contributed by atoms with Crippen LogP contribution in [0, 0.1) is 0 Å². The lowest BCUT2D eigenvalue weighted by Gasteiger charge is -2.00. The molecule has 0 radical (unpaired) electrons. The Kier molecular flexibility index (Phi) is 4.03. The molecule has 0 aliphatic heterocycles. The monoisotopic (exact) mass is 257 g/mol. The fourth-order valence-electron chi connectivity index (χ4n) is 1.56. The second-order valence-electron chi connectivity index (χ2n) is 3.82. The van der Waals surface area contributed by atoms with Crippen LogP contribution in [0.25, 0.3) is 11.9 Å². The van der Waals surface area contributed by atoms with Gasteiger partial charge in [0.05, 0.1) is 18.4 Å². The van der Waals surface area contributed by atoms with Crippen LogP contribution in [0.5, 0.6) is 0 Å². The van der Waals surface area contributed by atoms with Gasteiger partial charge in [0.25, 0.3) is 0 Å². The number of nitrogens with zero attached hydrogens (tertiary/aromatic N) is 1. The highest BCUT2D eigenvalue weighted by Gasteiger charge is 2.05. The van der Waals surface area contributed by atoms with Crippen LogP contribution in [0.3, 0.4) is 0 Å². The minimum Gasteiger partial charge on any atom is -0.465 e. The fourth-order valence-corrected chi connectivity index (χ4v) is 1.56. The van der Waals surface area contributed by atoms with E-state index in [9.17, 15) is 9.18 Å². The number of hydrogen-bond acceptors (Lipinski definition) is 3. The Bertz CT molecular complexity index is 591. The van der Waals surface area contributed by atoms with Crippen LogP contribution in [0.1, 0.15) is 21.6 Å². The molecule has 0 aliphatic rings. The number of rotatable bonds is 3. The maximum absolute atomic E-state index is 13.9. The van der Waals surface area contributed by atoms with Gasteiger partial charge in [-0.15, -0.1) is 0 Å². The highest BCUT2D eigenvalue weighted by Crippen LogP contribution is 2.17. The van der Waals surface area contributed by atoms with Gasteiger partial charge in [-0.2, -0.15) is 0 Å². The zero-order chi connectivity index (χ0) is 13.7. The van der Waals surface area contributed by atoms with E-state index in [0.717, 1.165) is 0 Å². The molecule has 0 saturated carbocycles. The zero-order valence-corrected chi connectivity index (χ0v) is 10.3. The Labute approximate surface area is 110 Å². The normalized spacial score (nSPS) is 11.2. The Balaban J connectivity index is 2.22. The van der Waals surface area contributed by atoms with E-state index < -0.39 is 11.8 Å². The molecule has 0 amide bonds. The molecule has 0 fully saturated rings. The van der Waals surface area contributed by atoms with Gasteiger partial charge >= 0.3 is 5.97 Å². The first-order chi connectivity index (χ1) is 9.20. The summed E-state index contributed by atoms with van der Waals surface area (Å²) in [6.07, 6.45) is 2.90. The van der Waals surface area contributed by atoms with Crippen LogP contribution in [0.2, 0.25) is 0 Å². The average molecular weight is 257 g/mol. The van der Waals surface area contributed by atoms with Crippen LogP contribution in [-0.4, -0.2) is 18.1 Å². The molecule has 0 unspecified atom stereocenters. The molecule has 96 valence electrons. The maximum Gasteiger partial charge on any atom is 0.337 e. The topological polar surface area (TPSA) is 39.2 Å². The number of carbonyl (C=O) groups excluding carboxylic acids is 1. The number of halogens is 1. The van der Waals surface area contributed by atoms with Gasteiger partial charge in [-0.1, -0.05) is 18.2 Å². The molecule has 0 saturated heterocycles. The third-order valence-corrected chi connectivity index (χ3v) is 2.53. The SMILES string of the molecule is COC(=O)c1ccc(/C=C(\F)c2ccccn2)cc1. The zero-order valence-electron chi connectivity index (χ0n) is 10.3. The van der Waals surface area contributed by atoms with E-state index in [1.54, 1.807) is 42.5 Å². The smallest absolute Gasteiger partial charge is 0.337 e. The van der Waals surface area contributed by atoms with Gasteiger partial charge in [0.1, 0.15) is 5.83 Å². The third-order valence-electron chi connectivity index (χ3n) is 2.53. The van der Waals surface area contributed by atoms with Gasteiger partial charge < -0.3 is 4.74 Å². The van der Waals surface area contributed by atoms with Crippen molar-refractivity contribution >= 4 is 17.9 Å². The molecular formula is C15H12FNO2. The van der Waals surface area contributed by atoms with Crippen molar-refractivity contribution in [3.8, 4) is 0 Å². The van der Waals surface area contributed by atoms with Crippen molar-refractivity contribution in [3.63, 3.8) is 0 Å². The molecule has 4 heteroatoms. The van der Waals surface area contributed by atoms with Gasteiger partial charge in [-0.3, -0.25) is 4.98 Å². The Morgan fingerprint density at radius 1 is 1.21 bits per heavy atom. The van der Waals surface area contributed by atoms with Gasteiger partial charge in [-0.25, -0.2) is 9.18 Å². The summed E-state index contributed by atoms with van der Waals surface area (Å²) in [4.78, 5) is 15.2. The van der Waals surface area contributed by atoms with Crippen molar-refractivity contribution in [1.29, 1.82) is 0 Å². The average Bonchev–Trinajstić information content (AvgIpc) is 2.48. The van der Waals surface area contributed by atoms with E-state index >= 15 is 0 Å². The van der Waals surface area contributed by atoms with Crippen LogP contribution < -0.4 is 0 Å². The summed E-state index contributed by atoms with van der Waals surface area (Å²) in [6, 6.07) is 11.5. The number of methoxy groups -OCH3 is 1. The first kappa shape index (κ1) is 13.0. The van der Waals surface area contributed by atoms with Gasteiger partial charge in [-0.05, 0) is 35.9 Å². The summed E-state index contributed by atoms with van der Waals surface area (Å²) in [6.45, 7) is 0. The minimum atomic E-state index is -0.425. The number of esters is 1. The summed E-state index contributed by atoms with van der Waals surface area (Å²) in [5.41, 5.74) is 1.35. The van der Waals surface area contributed by atoms with Crippen molar-refractivity contribution in [1.82, 2.24) is 4.98 Å². The number of aromatic nitrogens is 1. The van der Waals surface area contributed by atoms with Crippen LogP contribution in [-0.2, 0) is 4.74 Å². The predicted molar refractivity (Wildman–Crippen MR) is 71.0 cm³/mol. The maximum atomic E-state index is 13.9. The molecule has 1 aromatic carbocycles. The third kappa shape index (κ3) is 3.25. The number of hydrogen-bond donors (Lipinski definition) is 0. The second-order valence-corrected chi connectivity index (χ2v) is 3.82. The lowest BCUT2D eigenvalue weighted by molar-refractivity contribution is 0.0601. The standard InChI is InChI=1S/C15H12FNO2/c1-19-15(18)12-7-5-11(6-8-12)10-13(16)14-4-2-3-9-17-14/h2-10H,1H3/b13-10-. The molecule has 0 spiro atoms. The van der Waals surface area contributed by atoms with Crippen LogP contribution >= 0.6 is 0 Å². The number of carbonyl (C=O) groups is 1. The number of benzene rings is 1. The number of pyridine rings is 1. The van der Waals surface area contributed by atoms with Gasteiger partial charge in [0, 0.05) is 6.20 Å². The summed E-state index contributed by atoms with van der Waals surface area (Å²) in [5.74, 6) is -0.841. The minimum absolute atomic E-state index is 0.277.